The van der Waals surface area contributed by atoms with Crippen molar-refractivity contribution in [2.45, 2.75) is 69.9 Å². The number of rotatable bonds is 8. The molecule has 0 radical (unpaired) electrons. The van der Waals surface area contributed by atoms with Crippen LogP contribution >= 0.6 is 11.6 Å². The minimum absolute atomic E-state index is 0.277. The average Bonchev–Trinajstić information content (AvgIpc) is 2.88. The Morgan fingerprint density at radius 2 is 1.51 bits per heavy atom. The predicted molar refractivity (Wildman–Crippen MR) is 144 cm³/mol. The molecule has 3 nitrogen and oxygen atoms in total. The fourth-order valence-electron chi connectivity index (χ4n) is 5.33. The van der Waals surface area contributed by atoms with Gasteiger partial charge in [-0.15, -0.1) is 0 Å². The molecule has 0 heterocycles. The summed E-state index contributed by atoms with van der Waals surface area (Å²) in [6.07, 6.45) is 6.90. The highest BCUT2D eigenvalue weighted by atomic mass is 35.5. The van der Waals surface area contributed by atoms with Gasteiger partial charge >= 0.3 is 5.97 Å². The largest absolute Gasteiger partial charge is 0.443 e. The number of hydrogen-bond acceptors (Lipinski definition) is 3. The van der Waals surface area contributed by atoms with Crippen molar-refractivity contribution >= 4 is 17.6 Å². The van der Waals surface area contributed by atoms with Gasteiger partial charge in [-0.1, -0.05) is 118 Å². The molecule has 2 N–H and O–H groups in total. The first kappa shape index (κ1) is 25.5. The highest BCUT2D eigenvalue weighted by Gasteiger charge is 2.43. The van der Waals surface area contributed by atoms with Crippen LogP contribution in [0.15, 0.2) is 78.9 Å². The summed E-state index contributed by atoms with van der Waals surface area (Å²) in [6.45, 7) is 4.10. The molecule has 4 heteroatoms. The molecule has 0 spiro atoms. The van der Waals surface area contributed by atoms with Crippen LogP contribution in [0.5, 0.6) is 0 Å². The van der Waals surface area contributed by atoms with Crippen molar-refractivity contribution in [1.29, 1.82) is 0 Å². The Kier molecular flexibility index (Phi) is 8.30. The predicted octanol–water partition coefficient (Wildman–Crippen LogP) is 7.60. The summed E-state index contributed by atoms with van der Waals surface area (Å²) in [4.78, 5) is 13.4. The second-order valence-electron chi connectivity index (χ2n) is 10.1. The van der Waals surface area contributed by atoms with E-state index in [1.807, 2.05) is 54.6 Å². The van der Waals surface area contributed by atoms with Crippen LogP contribution in [0, 0.1) is 5.92 Å². The summed E-state index contributed by atoms with van der Waals surface area (Å²) in [5.41, 5.74) is 8.87. The molecule has 0 amide bonds. The summed E-state index contributed by atoms with van der Waals surface area (Å²) in [5.74, 6) is 0.434. The van der Waals surface area contributed by atoms with E-state index in [1.165, 1.54) is 37.7 Å². The van der Waals surface area contributed by atoms with Crippen molar-refractivity contribution < 1.29 is 9.53 Å². The van der Waals surface area contributed by atoms with Gasteiger partial charge in [-0.05, 0) is 42.7 Å². The standard InChI is InChI=1S/C31H36ClNO2/c1-22(2)21-29(33)30(34)35-31(25-13-7-4-8-14-25,27-15-9-10-16-28(27)32)26-19-17-24(18-20-26)23-11-5-3-6-12-23/h4,7-10,13-20,22-23,29H,3,5-6,11-12,21,33H2,1-2H3/t29-,31?/m0/s1. The van der Waals surface area contributed by atoms with Gasteiger partial charge < -0.3 is 10.5 Å². The van der Waals surface area contributed by atoms with E-state index >= 15 is 0 Å². The van der Waals surface area contributed by atoms with Crippen LogP contribution in [0.2, 0.25) is 5.02 Å². The third kappa shape index (κ3) is 5.63. The van der Waals surface area contributed by atoms with Gasteiger partial charge in [0.15, 0.2) is 5.60 Å². The molecule has 4 rings (SSSR count). The molecule has 1 saturated carbocycles. The molecule has 184 valence electrons. The van der Waals surface area contributed by atoms with E-state index in [4.69, 9.17) is 22.1 Å². The molecular formula is C31H36ClNO2. The van der Waals surface area contributed by atoms with Crippen LogP contribution in [-0.2, 0) is 15.1 Å². The molecule has 0 aliphatic heterocycles. The normalized spacial score (nSPS) is 17.1. The second-order valence-corrected chi connectivity index (χ2v) is 10.5. The van der Waals surface area contributed by atoms with E-state index in [0.29, 0.717) is 17.4 Å². The number of ether oxygens (including phenoxy) is 1. The minimum atomic E-state index is -1.21. The van der Waals surface area contributed by atoms with Gasteiger partial charge in [-0.3, -0.25) is 4.79 Å². The number of hydrogen-bond donors (Lipinski definition) is 1. The summed E-state index contributed by atoms with van der Waals surface area (Å²) >= 11 is 6.79. The topological polar surface area (TPSA) is 52.3 Å². The Morgan fingerprint density at radius 1 is 0.914 bits per heavy atom. The summed E-state index contributed by atoms with van der Waals surface area (Å²) in [7, 11) is 0. The van der Waals surface area contributed by atoms with Crippen LogP contribution < -0.4 is 5.73 Å². The third-order valence-electron chi connectivity index (χ3n) is 7.11. The summed E-state index contributed by atoms with van der Waals surface area (Å²) in [5, 5.41) is 0.540. The number of carbonyl (C=O) groups excluding carboxylic acids is 1. The highest BCUT2D eigenvalue weighted by molar-refractivity contribution is 6.31. The van der Waals surface area contributed by atoms with E-state index in [1.54, 1.807) is 0 Å². The number of halogens is 1. The number of esters is 1. The Balaban J connectivity index is 1.86. The molecule has 0 saturated heterocycles. The molecule has 1 aliphatic carbocycles. The van der Waals surface area contributed by atoms with Crippen molar-refractivity contribution in [3.05, 3.63) is 106 Å². The third-order valence-corrected chi connectivity index (χ3v) is 7.44. The Hall–Kier alpha value is -2.62. The lowest BCUT2D eigenvalue weighted by molar-refractivity contribution is -0.155. The van der Waals surface area contributed by atoms with Gasteiger partial charge in [0.05, 0.1) is 0 Å². The van der Waals surface area contributed by atoms with Crippen molar-refractivity contribution in [3.8, 4) is 0 Å². The van der Waals surface area contributed by atoms with Gasteiger partial charge in [0.2, 0.25) is 0 Å². The van der Waals surface area contributed by atoms with Gasteiger partial charge in [0.25, 0.3) is 0 Å². The molecule has 0 bridgehead atoms. The molecule has 35 heavy (non-hydrogen) atoms. The smallest absolute Gasteiger partial charge is 0.324 e. The van der Waals surface area contributed by atoms with E-state index in [-0.39, 0.29) is 5.92 Å². The van der Waals surface area contributed by atoms with E-state index in [9.17, 15) is 4.79 Å². The zero-order chi connectivity index (χ0) is 24.8. The SMILES string of the molecule is CC(C)C[C@H](N)C(=O)OC(c1ccccc1)(c1ccc(C2CCCCC2)cc1)c1ccccc1Cl. The lowest BCUT2D eigenvalue weighted by Gasteiger charge is -2.37. The first-order valence-electron chi connectivity index (χ1n) is 12.8. The lowest BCUT2D eigenvalue weighted by atomic mass is 9.78. The first-order chi connectivity index (χ1) is 16.9. The number of nitrogens with two attached hydrogens (primary N) is 1. The zero-order valence-corrected chi connectivity index (χ0v) is 21.5. The maximum absolute atomic E-state index is 13.4. The van der Waals surface area contributed by atoms with Crippen LogP contribution in [0.3, 0.4) is 0 Å². The molecule has 3 aromatic rings. The maximum Gasteiger partial charge on any atom is 0.324 e. The van der Waals surface area contributed by atoms with Gasteiger partial charge in [0, 0.05) is 21.7 Å². The minimum Gasteiger partial charge on any atom is -0.443 e. The quantitative estimate of drug-likeness (QED) is 0.262. The van der Waals surface area contributed by atoms with Crippen molar-refractivity contribution in [2.75, 3.05) is 0 Å². The highest BCUT2D eigenvalue weighted by Crippen LogP contribution is 2.44. The van der Waals surface area contributed by atoms with Crippen LogP contribution in [0.4, 0.5) is 0 Å². The molecule has 1 unspecified atom stereocenters. The molecule has 3 aromatic carbocycles. The van der Waals surface area contributed by atoms with E-state index in [2.05, 4.69) is 38.1 Å². The molecule has 2 atom stereocenters. The molecule has 1 aliphatic rings. The first-order valence-corrected chi connectivity index (χ1v) is 13.2. The van der Waals surface area contributed by atoms with Crippen LogP contribution in [0.25, 0.3) is 0 Å². The van der Waals surface area contributed by atoms with Crippen LogP contribution in [-0.4, -0.2) is 12.0 Å². The van der Waals surface area contributed by atoms with E-state index in [0.717, 1.165) is 16.7 Å². The number of benzene rings is 3. The average molecular weight is 490 g/mol. The molecule has 1 fully saturated rings. The second kappa shape index (κ2) is 11.4. The van der Waals surface area contributed by atoms with Crippen molar-refractivity contribution in [2.24, 2.45) is 11.7 Å². The monoisotopic (exact) mass is 489 g/mol. The Morgan fingerprint density at radius 3 is 2.14 bits per heavy atom. The van der Waals surface area contributed by atoms with Crippen LogP contribution in [0.1, 0.15) is 80.5 Å². The van der Waals surface area contributed by atoms with Crippen molar-refractivity contribution in [3.63, 3.8) is 0 Å². The summed E-state index contributed by atoms with van der Waals surface area (Å²) < 4.78 is 6.48. The van der Waals surface area contributed by atoms with Crippen molar-refractivity contribution in [1.82, 2.24) is 0 Å². The van der Waals surface area contributed by atoms with Gasteiger partial charge in [0.1, 0.15) is 6.04 Å². The fourth-order valence-corrected chi connectivity index (χ4v) is 5.60. The number of carbonyl (C=O) groups is 1. The fraction of sp³-hybridized carbons (Fsp3) is 0.387. The lowest BCUT2D eigenvalue weighted by Crippen LogP contribution is -2.42. The Labute approximate surface area is 214 Å². The van der Waals surface area contributed by atoms with E-state index < -0.39 is 17.6 Å². The zero-order valence-electron chi connectivity index (χ0n) is 20.8. The maximum atomic E-state index is 13.4. The molecule has 0 aromatic heterocycles. The molecular weight excluding hydrogens is 454 g/mol. The van der Waals surface area contributed by atoms with Gasteiger partial charge in [-0.25, -0.2) is 0 Å². The Bertz CT molecular complexity index is 1110. The van der Waals surface area contributed by atoms with Gasteiger partial charge in [-0.2, -0.15) is 0 Å². The summed E-state index contributed by atoms with van der Waals surface area (Å²) in [6, 6.07) is 25.3.